The molecule has 0 spiro atoms. The van der Waals surface area contributed by atoms with Gasteiger partial charge in [0.2, 0.25) is 0 Å². The second kappa shape index (κ2) is 24.0. The smallest absolute Gasteiger partial charge is 0.120 e. The van der Waals surface area contributed by atoms with E-state index in [-0.39, 0.29) is 0 Å². The van der Waals surface area contributed by atoms with Gasteiger partial charge in [-0.05, 0) is 144 Å². The fraction of sp³-hybridized carbons (Fsp3) is 0.172. The predicted molar refractivity (Wildman–Crippen MR) is 320 cm³/mol. The number of rotatable bonds is 13. The monoisotopic (exact) mass is 1310 g/mol. The molecular weight excluding hydrogens is 1260 g/mol. The number of halogens is 4. The fourth-order valence-electron chi connectivity index (χ4n) is 7.47. The third-order valence-corrected chi connectivity index (χ3v) is 26.9. The Labute approximate surface area is 440 Å². The molecule has 0 fully saturated rings. The first-order valence-electron chi connectivity index (χ1n) is 21.9. The average Bonchev–Trinajstić information content (AvgIpc) is 3.33. The van der Waals surface area contributed by atoms with Crippen LogP contribution >= 0.6 is 90.4 Å². The summed E-state index contributed by atoms with van der Waals surface area (Å²) in [5, 5.41) is 0. The molecule has 0 radical (unpaired) electrons. The van der Waals surface area contributed by atoms with E-state index >= 15 is 0 Å². The first kappa shape index (κ1) is 50.2. The summed E-state index contributed by atoms with van der Waals surface area (Å²) in [5.74, 6) is 7.05. The molecule has 0 aliphatic rings. The van der Waals surface area contributed by atoms with E-state index in [9.17, 15) is 0 Å². The van der Waals surface area contributed by atoms with Crippen molar-refractivity contribution in [2.45, 2.75) is 65.7 Å². The molecule has 6 rings (SSSR count). The number of hydrogen-bond donors (Lipinski definition) is 0. The van der Waals surface area contributed by atoms with Gasteiger partial charge >= 0.3 is 0 Å². The van der Waals surface area contributed by atoms with Crippen molar-refractivity contribution < 1.29 is 0 Å². The van der Waals surface area contributed by atoms with Crippen molar-refractivity contribution in [2.75, 3.05) is 0 Å². The van der Waals surface area contributed by atoms with Crippen molar-refractivity contribution in [2.24, 2.45) is 0 Å². The van der Waals surface area contributed by atoms with Crippen LogP contribution in [0, 0.1) is 22.9 Å². The van der Waals surface area contributed by atoms with Gasteiger partial charge in [0.05, 0.1) is 0 Å². The van der Waals surface area contributed by atoms with Crippen molar-refractivity contribution in [3.05, 3.63) is 221 Å². The minimum atomic E-state index is -2.15. The van der Waals surface area contributed by atoms with Gasteiger partial charge < -0.3 is 0 Å². The van der Waals surface area contributed by atoms with Crippen LogP contribution in [-0.4, -0.2) is 16.1 Å². The topological polar surface area (TPSA) is 0 Å². The van der Waals surface area contributed by atoms with Crippen LogP contribution in [0.2, 0.25) is 26.2 Å². The van der Waals surface area contributed by atoms with Gasteiger partial charge in [0.1, 0.15) is 0 Å². The molecule has 64 heavy (non-hydrogen) atoms. The molecule has 0 aromatic heterocycles. The third-order valence-electron chi connectivity index (χ3n) is 11.0. The van der Waals surface area contributed by atoms with Gasteiger partial charge in [-0.25, -0.2) is 0 Å². The van der Waals surface area contributed by atoms with Crippen LogP contribution in [0.3, 0.4) is 0 Å². The summed E-state index contributed by atoms with van der Waals surface area (Å²) >= 11 is 10.5. The maximum atomic E-state index is 3.77. The Morgan fingerprint density at radius 2 is 0.688 bits per heavy atom. The Balaban J connectivity index is 1.36. The van der Waals surface area contributed by atoms with Gasteiger partial charge in [0.25, 0.3) is 0 Å². The van der Waals surface area contributed by atoms with Gasteiger partial charge in [-0.3, -0.25) is 0 Å². The standard InChI is InChI=1S/C58H54I4Si2/c1-7-21-51(53(47-27-17-11-18-28-47)57(61)63(3,4)41-39-43-23-13-9-14-24-43)55(59)49-35-31-45(32-36-49)46-33-37-50(38-34-46)56(60)52(22-8-2)54(48-29-19-12-20-30-48)58(62)64(5,6)42-40-44-25-15-10-16-26-44/h9-20,23-38H,7-8,21-22H2,1-6H3/b55-51-,56-52-,57-53+,58-54+. The lowest BCUT2D eigenvalue weighted by Crippen LogP contribution is -2.26. The van der Waals surface area contributed by atoms with Crippen LogP contribution in [0.25, 0.3) is 29.4 Å². The molecule has 0 saturated carbocycles. The second-order valence-corrected chi connectivity index (χ2v) is 31.2. The molecule has 322 valence electrons. The molecule has 0 nitrogen and oxygen atoms in total. The summed E-state index contributed by atoms with van der Waals surface area (Å²) < 4.78 is 5.38. The minimum Gasteiger partial charge on any atom is -0.120 e. The van der Waals surface area contributed by atoms with Crippen molar-refractivity contribution in [1.82, 2.24) is 0 Å². The molecule has 0 heterocycles. The largest absolute Gasteiger partial charge is 0.170 e. The highest BCUT2D eigenvalue weighted by molar-refractivity contribution is 14.1. The molecule has 0 N–H and O–H groups in total. The summed E-state index contributed by atoms with van der Waals surface area (Å²) in [4.78, 5) is 0. The highest BCUT2D eigenvalue weighted by Crippen LogP contribution is 2.45. The van der Waals surface area contributed by atoms with Crippen LogP contribution < -0.4 is 0 Å². The highest BCUT2D eigenvalue weighted by Gasteiger charge is 2.30. The van der Waals surface area contributed by atoms with Crippen LogP contribution in [-0.2, 0) is 0 Å². The molecule has 6 aromatic rings. The third kappa shape index (κ3) is 13.0. The zero-order chi connectivity index (χ0) is 45.7. The van der Waals surface area contributed by atoms with Gasteiger partial charge in [-0.2, -0.15) is 0 Å². The van der Waals surface area contributed by atoms with Crippen LogP contribution in [0.1, 0.15) is 72.9 Å². The van der Waals surface area contributed by atoms with Crippen molar-refractivity contribution in [1.29, 1.82) is 0 Å². The molecule has 0 unspecified atom stereocenters. The van der Waals surface area contributed by atoms with E-state index in [0.717, 1.165) is 36.8 Å². The molecule has 6 aromatic carbocycles. The summed E-state index contributed by atoms with van der Waals surface area (Å²) in [6.07, 6.45) is 4.09. The zero-order valence-electron chi connectivity index (χ0n) is 37.5. The fourth-order valence-corrected chi connectivity index (χ4v) is 14.3. The van der Waals surface area contributed by atoms with E-state index in [0.29, 0.717) is 0 Å². The number of allylic oxidation sites excluding steroid dienone is 4. The average molecular weight is 1310 g/mol. The summed E-state index contributed by atoms with van der Waals surface area (Å²) in [7, 11) is -4.30. The highest BCUT2D eigenvalue weighted by atomic mass is 127. The van der Waals surface area contributed by atoms with Gasteiger partial charge in [-0.15, -0.1) is 11.1 Å². The van der Waals surface area contributed by atoms with Gasteiger partial charge in [0, 0.05) is 18.3 Å². The number of hydrogen-bond acceptors (Lipinski definition) is 0. The maximum absolute atomic E-state index is 3.77. The van der Waals surface area contributed by atoms with E-state index in [4.69, 9.17) is 0 Å². The SMILES string of the molecule is CCCC(=C(/I)c1ccc(-c2ccc(/C(I)=C(CCC)/C(=C(\I)[Si](C)(C)C#Cc3ccccc3)c3ccccc3)cc2)cc1)/C(=C(\I)[Si](C)(C)C#Cc1ccccc1)c1ccccc1. The van der Waals surface area contributed by atoms with E-state index < -0.39 is 16.1 Å². The Bertz CT molecular complexity index is 2580. The summed E-state index contributed by atoms with van der Waals surface area (Å²) in [6, 6.07) is 61.1. The molecule has 0 aliphatic heterocycles. The van der Waals surface area contributed by atoms with Gasteiger partial charge in [-0.1, -0.05) is 255 Å². The second-order valence-electron chi connectivity index (χ2n) is 16.8. The first-order chi connectivity index (χ1) is 30.8. The lowest BCUT2D eigenvalue weighted by Gasteiger charge is -2.24. The van der Waals surface area contributed by atoms with Crippen molar-refractivity contribution >= 4 is 125 Å². The van der Waals surface area contributed by atoms with Crippen molar-refractivity contribution in [3.8, 4) is 34.1 Å². The number of benzene rings is 6. The van der Waals surface area contributed by atoms with Crippen molar-refractivity contribution in [3.63, 3.8) is 0 Å². The Kier molecular flexibility index (Phi) is 18.8. The van der Waals surface area contributed by atoms with Crippen LogP contribution in [0.15, 0.2) is 187 Å². The van der Waals surface area contributed by atoms with E-state index in [1.165, 1.54) is 69.2 Å². The first-order valence-corrected chi connectivity index (χ1v) is 32.2. The Hall–Kier alpha value is -3.25. The maximum Gasteiger partial charge on any atom is 0.170 e. The molecule has 0 bridgehead atoms. The summed E-state index contributed by atoms with van der Waals surface area (Å²) in [6.45, 7) is 14.1. The van der Waals surface area contributed by atoms with E-state index in [1.807, 2.05) is 12.1 Å². The Morgan fingerprint density at radius 3 is 0.984 bits per heavy atom. The summed E-state index contributed by atoms with van der Waals surface area (Å²) in [5.41, 5.74) is 22.6. The van der Waals surface area contributed by atoms with Crippen LogP contribution in [0.5, 0.6) is 0 Å². The lowest BCUT2D eigenvalue weighted by molar-refractivity contribution is 0.935. The molecule has 0 atom stereocenters. The lowest BCUT2D eigenvalue weighted by atomic mass is 9.93. The molecule has 6 heteroatoms. The predicted octanol–water partition coefficient (Wildman–Crippen LogP) is 18.6. The van der Waals surface area contributed by atoms with E-state index in [2.05, 4.69) is 311 Å². The van der Waals surface area contributed by atoms with E-state index in [1.54, 1.807) is 0 Å². The molecule has 0 amide bonds. The normalized spacial score (nSPS) is 13.2. The molecular formula is C58H54I4Si2. The zero-order valence-corrected chi connectivity index (χ0v) is 48.1. The van der Waals surface area contributed by atoms with Crippen LogP contribution in [0.4, 0.5) is 0 Å². The Morgan fingerprint density at radius 1 is 0.391 bits per heavy atom. The molecule has 0 aliphatic carbocycles. The minimum absolute atomic E-state index is 0.988. The quantitative estimate of drug-likeness (QED) is 0.0468. The molecule has 0 saturated heterocycles. The van der Waals surface area contributed by atoms with Gasteiger partial charge in [0.15, 0.2) is 16.1 Å².